The van der Waals surface area contributed by atoms with Gasteiger partial charge >= 0.3 is 6.09 Å². The van der Waals surface area contributed by atoms with Crippen molar-refractivity contribution < 1.29 is 24.2 Å². The van der Waals surface area contributed by atoms with E-state index in [1.165, 1.54) is 12.1 Å². The van der Waals surface area contributed by atoms with Crippen molar-refractivity contribution in [3.05, 3.63) is 27.6 Å². The number of nitrogens with one attached hydrogen (secondary N) is 1. The molecular weight excluding hydrogens is 418 g/mol. The molecule has 0 aromatic heterocycles. The van der Waals surface area contributed by atoms with Gasteiger partial charge in [0.25, 0.3) is 0 Å². The van der Waals surface area contributed by atoms with Crippen molar-refractivity contribution >= 4 is 40.3 Å². The number of carbonyl (C=O) groups is 2. The Morgan fingerprint density at radius 1 is 1.39 bits per heavy atom. The highest BCUT2D eigenvalue weighted by atomic mass is 127. The van der Waals surface area contributed by atoms with Gasteiger partial charge in [0.1, 0.15) is 11.9 Å². The molecule has 0 bridgehead atoms. The number of carboxylic acid groups (broad SMARTS) is 1. The first kappa shape index (κ1) is 19.6. The van der Waals surface area contributed by atoms with Crippen LogP contribution < -0.4 is 5.32 Å². The predicted octanol–water partition coefficient (Wildman–Crippen LogP) is 2.90. The molecule has 0 aliphatic carbocycles. The Balaban J connectivity index is 3.08. The number of hydrogen-bond acceptors (Lipinski definition) is 3. The second-order valence-corrected chi connectivity index (χ2v) is 7.21. The number of halogens is 2. The zero-order chi connectivity index (χ0) is 17.8. The van der Waals surface area contributed by atoms with Gasteiger partial charge in [-0.3, -0.25) is 9.69 Å². The zero-order valence-corrected chi connectivity index (χ0v) is 15.3. The Kier molecular flexibility index (Phi) is 6.75. The van der Waals surface area contributed by atoms with Crippen LogP contribution in [-0.4, -0.2) is 45.3 Å². The van der Waals surface area contributed by atoms with E-state index in [1.807, 2.05) is 22.6 Å². The summed E-state index contributed by atoms with van der Waals surface area (Å²) in [5, 5.41) is 21.0. The largest absolute Gasteiger partial charge is 0.465 e. The third-order valence-electron chi connectivity index (χ3n) is 3.13. The summed E-state index contributed by atoms with van der Waals surface area (Å²) in [6.45, 7) is 4.56. The third-order valence-corrected chi connectivity index (χ3v) is 3.81. The minimum atomic E-state index is -1.28. The van der Waals surface area contributed by atoms with E-state index < -0.39 is 29.4 Å². The summed E-state index contributed by atoms with van der Waals surface area (Å²) in [7, 11) is 0. The monoisotopic (exact) mass is 438 g/mol. The van der Waals surface area contributed by atoms with Gasteiger partial charge in [0, 0.05) is 22.1 Å². The van der Waals surface area contributed by atoms with E-state index >= 15 is 0 Å². The lowest BCUT2D eigenvalue weighted by atomic mass is 10.0. The van der Waals surface area contributed by atoms with Crippen LogP contribution in [0.5, 0.6) is 0 Å². The minimum Gasteiger partial charge on any atom is -0.465 e. The number of carbonyl (C=O) groups excluding carboxylic acids is 1. The number of benzene rings is 1. The molecule has 0 fully saturated rings. The van der Waals surface area contributed by atoms with E-state index in [2.05, 4.69) is 5.32 Å². The molecule has 1 rings (SSSR count). The lowest BCUT2D eigenvalue weighted by Gasteiger charge is -2.38. The molecule has 1 aromatic rings. The molecule has 1 aromatic carbocycles. The Bertz CT molecular complexity index is 589. The summed E-state index contributed by atoms with van der Waals surface area (Å²) in [4.78, 5) is 24.9. The van der Waals surface area contributed by atoms with Crippen molar-refractivity contribution in [2.45, 2.75) is 38.8 Å². The van der Waals surface area contributed by atoms with Crippen molar-refractivity contribution in [2.75, 3.05) is 11.9 Å². The fraction of sp³-hybridized carbons (Fsp3) is 0.467. The molecule has 0 saturated carbocycles. The van der Waals surface area contributed by atoms with E-state index in [0.29, 0.717) is 3.57 Å². The molecule has 2 amide bonds. The second-order valence-electron chi connectivity index (χ2n) is 5.96. The number of aliphatic hydroxyl groups is 1. The van der Waals surface area contributed by atoms with Crippen LogP contribution in [0.3, 0.4) is 0 Å². The molecule has 0 spiro atoms. The van der Waals surface area contributed by atoms with E-state index in [0.717, 1.165) is 4.90 Å². The molecule has 6 nitrogen and oxygen atoms in total. The van der Waals surface area contributed by atoms with Crippen LogP contribution in [0.15, 0.2) is 18.2 Å². The molecule has 0 saturated heterocycles. The lowest BCUT2D eigenvalue weighted by Crippen LogP contribution is -2.55. The van der Waals surface area contributed by atoms with Crippen LogP contribution in [0.4, 0.5) is 14.9 Å². The highest BCUT2D eigenvalue weighted by Crippen LogP contribution is 2.22. The normalized spacial score (nSPS) is 12.6. The molecule has 0 heterocycles. The zero-order valence-electron chi connectivity index (χ0n) is 13.1. The standard InChI is InChI=1S/C15H20FIN2O4/c1-15(2,3)19(14(22)23)12(6-7-20)13(21)18-11-5-4-9(17)8-10(11)16/h4-5,8,12,20H,6-7H2,1-3H3,(H,18,21)(H,22,23). The van der Waals surface area contributed by atoms with E-state index in [9.17, 15) is 19.1 Å². The number of nitrogens with zero attached hydrogens (tertiary/aromatic N) is 1. The molecule has 128 valence electrons. The first-order chi connectivity index (χ1) is 10.6. The van der Waals surface area contributed by atoms with Gasteiger partial charge in [-0.25, -0.2) is 9.18 Å². The first-order valence-electron chi connectivity index (χ1n) is 6.97. The Morgan fingerprint density at radius 2 is 2.00 bits per heavy atom. The van der Waals surface area contributed by atoms with Crippen molar-refractivity contribution in [3.8, 4) is 0 Å². The summed E-state index contributed by atoms with van der Waals surface area (Å²) in [5.74, 6) is -1.29. The van der Waals surface area contributed by atoms with Gasteiger partial charge in [-0.05, 0) is 61.6 Å². The van der Waals surface area contributed by atoms with Gasteiger partial charge in [0.05, 0.1) is 5.69 Å². The summed E-state index contributed by atoms with van der Waals surface area (Å²) in [5.41, 5.74) is -0.884. The van der Waals surface area contributed by atoms with Crippen LogP contribution in [-0.2, 0) is 4.79 Å². The van der Waals surface area contributed by atoms with E-state index in [-0.39, 0.29) is 18.7 Å². The van der Waals surface area contributed by atoms with Crippen molar-refractivity contribution in [3.63, 3.8) is 0 Å². The molecule has 3 N–H and O–H groups in total. The number of rotatable bonds is 5. The fourth-order valence-electron chi connectivity index (χ4n) is 2.19. The van der Waals surface area contributed by atoms with Crippen molar-refractivity contribution in [1.82, 2.24) is 4.90 Å². The molecule has 23 heavy (non-hydrogen) atoms. The van der Waals surface area contributed by atoms with Crippen LogP contribution in [0.1, 0.15) is 27.2 Å². The Hall–Kier alpha value is -1.42. The van der Waals surface area contributed by atoms with Gasteiger partial charge in [0.2, 0.25) is 5.91 Å². The second kappa shape index (κ2) is 7.91. The molecular formula is C15H20FIN2O4. The van der Waals surface area contributed by atoms with E-state index in [4.69, 9.17) is 5.11 Å². The Labute approximate surface area is 147 Å². The topological polar surface area (TPSA) is 89.9 Å². The average Bonchev–Trinajstić information content (AvgIpc) is 2.39. The quantitative estimate of drug-likeness (QED) is 0.617. The maximum atomic E-state index is 13.9. The van der Waals surface area contributed by atoms with Crippen molar-refractivity contribution in [2.24, 2.45) is 0 Å². The SMILES string of the molecule is CC(C)(C)N(C(=O)O)C(CCO)C(=O)Nc1ccc(I)cc1F. The highest BCUT2D eigenvalue weighted by Gasteiger charge is 2.37. The molecule has 1 atom stereocenters. The molecule has 8 heteroatoms. The smallest absolute Gasteiger partial charge is 0.408 e. The van der Waals surface area contributed by atoms with Crippen LogP contribution in [0.25, 0.3) is 0 Å². The summed E-state index contributed by atoms with van der Waals surface area (Å²) < 4.78 is 14.5. The highest BCUT2D eigenvalue weighted by molar-refractivity contribution is 14.1. The van der Waals surface area contributed by atoms with Crippen LogP contribution >= 0.6 is 22.6 Å². The average molecular weight is 438 g/mol. The van der Waals surface area contributed by atoms with Crippen molar-refractivity contribution in [1.29, 1.82) is 0 Å². The summed E-state index contributed by atoms with van der Waals surface area (Å²) in [6.07, 6.45) is -1.37. The molecule has 1 unspecified atom stereocenters. The minimum absolute atomic E-state index is 0.0300. The fourth-order valence-corrected chi connectivity index (χ4v) is 2.65. The Morgan fingerprint density at radius 3 is 2.43 bits per heavy atom. The van der Waals surface area contributed by atoms with Gasteiger partial charge in [0.15, 0.2) is 0 Å². The number of aliphatic hydroxyl groups excluding tert-OH is 1. The third kappa shape index (κ3) is 5.31. The predicted molar refractivity (Wildman–Crippen MR) is 92.9 cm³/mol. The first-order valence-corrected chi connectivity index (χ1v) is 8.05. The number of amides is 2. The van der Waals surface area contributed by atoms with Gasteiger partial charge in [-0.15, -0.1) is 0 Å². The summed E-state index contributed by atoms with van der Waals surface area (Å²) in [6, 6.07) is 3.17. The molecule has 0 aliphatic rings. The van der Waals surface area contributed by atoms with Crippen LogP contribution in [0, 0.1) is 9.39 Å². The maximum absolute atomic E-state index is 13.9. The van der Waals surface area contributed by atoms with Gasteiger partial charge < -0.3 is 15.5 Å². The van der Waals surface area contributed by atoms with E-state index in [1.54, 1.807) is 26.8 Å². The number of anilines is 1. The summed E-state index contributed by atoms with van der Waals surface area (Å²) >= 11 is 1.94. The molecule has 0 aliphatic heterocycles. The van der Waals surface area contributed by atoms with Crippen LogP contribution in [0.2, 0.25) is 0 Å². The van der Waals surface area contributed by atoms with Gasteiger partial charge in [-0.2, -0.15) is 0 Å². The van der Waals surface area contributed by atoms with Gasteiger partial charge in [-0.1, -0.05) is 0 Å². The molecule has 0 radical (unpaired) electrons. The number of hydrogen-bond donors (Lipinski definition) is 3. The maximum Gasteiger partial charge on any atom is 0.408 e. The lowest BCUT2D eigenvalue weighted by molar-refractivity contribution is -0.123.